The normalized spacial score (nSPS) is 26.2. The Bertz CT molecular complexity index is 664. The molecule has 0 radical (unpaired) electrons. The highest BCUT2D eigenvalue weighted by Crippen LogP contribution is 2.60. The van der Waals surface area contributed by atoms with Gasteiger partial charge < -0.3 is 10.2 Å². The molecular formula is C14H10F12O2. The molecule has 0 heterocycles. The van der Waals surface area contributed by atoms with E-state index in [1.807, 2.05) is 0 Å². The quantitative estimate of drug-likeness (QED) is 0.505. The van der Waals surface area contributed by atoms with E-state index in [9.17, 15) is 57.8 Å². The topological polar surface area (TPSA) is 40.5 Å². The zero-order valence-electron chi connectivity index (χ0n) is 13.1. The molecule has 0 saturated carbocycles. The number of aliphatic hydroxyl groups is 2. The van der Waals surface area contributed by atoms with E-state index < -0.39 is 71.7 Å². The first-order valence-electron chi connectivity index (χ1n) is 7.34. The molecule has 0 amide bonds. The van der Waals surface area contributed by atoms with Crippen LogP contribution < -0.4 is 0 Å². The van der Waals surface area contributed by atoms with Gasteiger partial charge in [-0.2, -0.15) is 52.7 Å². The fourth-order valence-corrected chi connectivity index (χ4v) is 3.61. The molecule has 14 heteroatoms. The van der Waals surface area contributed by atoms with Crippen molar-refractivity contribution in [2.75, 3.05) is 0 Å². The number of allylic oxidation sites excluding steroid dienone is 2. The molecule has 0 saturated heterocycles. The van der Waals surface area contributed by atoms with E-state index >= 15 is 0 Å². The van der Waals surface area contributed by atoms with E-state index in [2.05, 4.69) is 0 Å². The maximum atomic E-state index is 13.3. The van der Waals surface area contributed by atoms with Gasteiger partial charge in [0.2, 0.25) is 0 Å². The lowest BCUT2D eigenvalue weighted by Gasteiger charge is -2.39. The smallest absolute Gasteiger partial charge is 0.383 e. The molecule has 162 valence electrons. The van der Waals surface area contributed by atoms with Crippen LogP contribution in [-0.4, -0.2) is 46.6 Å². The highest BCUT2D eigenvalue weighted by atomic mass is 19.4. The molecule has 0 spiro atoms. The lowest BCUT2D eigenvalue weighted by Crippen LogP contribution is -2.60. The first-order valence-corrected chi connectivity index (χ1v) is 7.34. The average molecular weight is 438 g/mol. The Morgan fingerprint density at radius 2 is 1.18 bits per heavy atom. The van der Waals surface area contributed by atoms with Crippen molar-refractivity contribution >= 4 is 0 Å². The fourth-order valence-electron chi connectivity index (χ4n) is 3.61. The molecule has 0 aromatic rings. The SMILES string of the molecule is OC(C(C1=C(C(O)(C(F)(F)F)C(F)(F)F)C2C=CC1C2)C(F)(F)F)C(F)(F)F. The third-order valence-electron chi connectivity index (χ3n) is 4.71. The molecule has 4 atom stereocenters. The van der Waals surface area contributed by atoms with E-state index in [-0.39, 0.29) is 0 Å². The van der Waals surface area contributed by atoms with Crippen molar-refractivity contribution < 1.29 is 62.9 Å². The average Bonchev–Trinajstić information content (AvgIpc) is 3.02. The molecule has 2 bridgehead atoms. The summed E-state index contributed by atoms with van der Waals surface area (Å²) >= 11 is 0. The van der Waals surface area contributed by atoms with Crippen LogP contribution >= 0.6 is 0 Å². The summed E-state index contributed by atoms with van der Waals surface area (Å²) in [6, 6.07) is 0. The van der Waals surface area contributed by atoms with Crippen molar-refractivity contribution in [3.05, 3.63) is 23.3 Å². The highest BCUT2D eigenvalue weighted by molar-refractivity contribution is 5.46. The number of hydrogen-bond acceptors (Lipinski definition) is 2. The second-order valence-corrected chi connectivity index (χ2v) is 6.41. The highest BCUT2D eigenvalue weighted by Gasteiger charge is 2.75. The molecule has 0 fully saturated rings. The fraction of sp³-hybridized carbons (Fsp3) is 0.714. The van der Waals surface area contributed by atoms with E-state index in [4.69, 9.17) is 5.11 Å². The van der Waals surface area contributed by atoms with Crippen LogP contribution in [-0.2, 0) is 0 Å². The second kappa shape index (κ2) is 6.28. The van der Waals surface area contributed by atoms with Gasteiger partial charge in [-0.25, -0.2) is 0 Å². The molecule has 2 aliphatic carbocycles. The van der Waals surface area contributed by atoms with Gasteiger partial charge in [-0.15, -0.1) is 0 Å². The summed E-state index contributed by atoms with van der Waals surface area (Å²) in [5.74, 6) is -8.03. The number of alkyl halides is 12. The van der Waals surface area contributed by atoms with Gasteiger partial charge in [0.1, 0.15) is 5.92 Å². The molecule has 0 aromatic carbocycles. The summed E-state index contributed by atoms with van der Waals surface area (Å²) in [6.07, 6.45) is -29.0. The number of fused-ring (bicyclic) bond motifs is 2. The van der Waals surface area contributed by atoms with Gasteiger partial charge >= 0.3 is 24.7 Å². The first-order chi connectivity index (χ1) is 12.2. The van der Waals surface area contributed by atoms with Gasteiger partial charge in [0.05, 0.1) is 0 Å². The molecule has 4 unspecified atom stereocenters. The Morgan fingerprint density at radius 3 is 1.54 bits per heavy atom. The minimum absolute atomic E-state index is 0.652. The van der Waals surface area contributed by atoms with Gasteiger partial charge in [-0.1, -0.05) is 12.2 Å². The zero-order valence-corrected chi connectivity index (χ0v) is 13.1. The van der Waals surface area contributed by atoms with E-state index in [1.54, 1.807) is 0 Å². The van der Waals surface area contributed by atoms with E-state index in [0.29, 0.717) is 6.08 Å². The summed E-state index contributed by atoms with van der Waals surface area (Å²) < 4.78 is 157. The van der Waals surface area contributed by atoms with E-state index in [1.165, 1.54) is 0 Å². The molecular weight excluding hydrogens is 428 g/mol. The summed E-state index contributed by atoms with van der Waals surface area (Å²) in [7, 11) is 0. The molecule has 0 aromatic heterocycles. The minimum atomic E-state index is -6.58. The first kappa shape index (κ1) is 22.8. The summed E-state index contributed by atoms with van der Waals surface area (Å²) in [5.41, 5.74) is -10.1. The maximum absolute atomic E-state index is 13.3. The van der Waals surface area contributed by atoms with Crippen molar-refractivity contribution in [3.63, 3.8) is 0 Å². The van der Waals surface area contributed by atoms with Crippen LogP contribution in [0, 0.1) is 17.8 Å². The lowest BCUT2D eigenvalue weighted by atomic mass is 9.76. The minimum Gasteiger partial charge on any atom is -0.383 e. The summed E-state index contributed by atoms with van der Waals surface area (Å²) in [5, 5.41) is 18.6. The third kappa shape index (κ3) is 3.37. The van der Waals surface area contributed by atoms with Crippen molar-refractivity contribution in [1.82, 2.24) is 0 Å². The Hall–Kier alpha value is -1.44. The van der Waals surface area contributed by atoms with E-state index in [0.717, 1.165) is 6.08 Å². The monoisotopic (exact) mass is 438 g/mol. The van der Waals surface area contributed by atoms with Crippen LogP contribution in [0.5, 0.6) is 0 Å². The predicted molar refractivity (Wildman–Crippen MR) is 66.4 cm³/mol. The van der Waals surface area contributed by atoms with Crippen molar-refractivity contribution in [1.29, 1.82) is 0 Å². The van der Waals surface area contributed by atoms with Crippen molar-refractivity contribution in [2.45, 2.75) is 42.8 Å². The Labute approximate surface area is 148 Å². The van der Waals surface area contributed by atoms with Crippen LogP contribution in [0.1, 0.15) is 6.42 Å². The zero-order chi connectivity index (χ0) is 22.1. The number of rotatable bonds is 3. The Balaban J connectivity index is 2.84. The molecule has 2 aliphatic rings. The number of aliphatic hydroxyl groups excluding tert-OH is 1. The van der Waals surface area contributed by atoms with Crippen LogP contribution in [0.3, 0.4) is 0 Å². The van der Waals surface area contributed by atoms with Gasteiger partial charge in [-0.3, -0.25) is 0 Å². The van der Waals surface area contributed by atoms with Gasteiger partial charge in [-0.05, 0) is 23.5 Å². The largest absolute Gasteiger partial charge is 0.430 e. The van der Waals surface area contributed by atoms with Crippen molar-refractivity contribution in [2.24, 2.45) is 17.8 Å². The number of hydrogen-bond donors (Lipinski definition) is 2. The summed E-state index contributed by atoms with van der Waals surface area (Å²) in [6.45, 7) is 0. The molecule has 2 N–H and O–H groups in total. The van der Waals surface area contributed by atoms with Gasteiger partial charge in [0, 0.05) is 5.92 Å². The third-order valence-corrected chi connectivity index (χ3v) is 4.71. The molecule has 2 rings (SSSR count). The lowest BCUT2D eigenvalue weighted by molar-refractivity contribution is -0.354. The molecule has 2 nitrogen and oxygen atoms in total. The summed E-state index contributed by atoms with van der Waals surface area (Å²) in [4.78, 5) is 0. The van der Waals surface area contributed by atoms with Crippen LogP contribution in [0.15, 0.2) is 23.3 Å². The maximum Gasteiger partial charge on any atom is 0.430 e. The van der Waals surface area contributed by atoms with Crippen LogP contribution in [0.2, 0.25) is 0 Å². The molecule has 28 heavy (non-hydrogen) atoms. The van der Waals surface area contributed by atoms with Crippen molar-refractivity contribution in [3.8, 4) is 0 Å². The van der Waals surface area contributed by atoms with Crippen LogP contribution in [0.4, 0.5) is 52.7 Å². The predicted octanol–water partition coefficient (Wildman–Crippen LogP) is 4.45. The van der Waals surface area contributed by atoms with Crippen LogP contribution in [0.25, 0.3) is 0 Å². The standard InChI is InChI=1S/C14H10F12O2/c15-11(16,17)8(9(27)12(18,19)20)6-4-1-2-5(3-4)7(6)10(28,13(21,22)23)14(24,25)26/h1-2,4-5,8-9,27-28H,3H2. The molecule has 0 aliphatic heterocycles. The number of halogens is 12. The van der Waals surface area contributed by atoms with Gasteiger partial charge in [0.25, 0.3) is 5.60 Å². The Morgan fingerprint density at radius 1 is 0.750 bits per heavy atom. The second-order valence-electron chi connectivity index (χ2n) is 6.41. The van der Waals surface area contributed by atoms with Gasteiger partial charge in [0.15, 0.2) is 6.10 Å². The Kier molecular flexibility index (Phi) is 5.12.